The van der Waals surface area contributed by atoms with Crippen LogP contribution in [0.25, 0.3) is 11.0 Å². The van der Waals surface area contributed by atoms with Crippen molar-refractivity contribution >= 4 is 22.8 Å². The fourth-order valence-electron chi connectivity index (χ4n) is 2.45. The largest absolute Gasteiger partial charge is 0.333 e. The first-order valence-electron chi connectivity index (χ1n) is 7.25. The van der Waals surface area contributed by atoms with Gasteiger partial charge >= 0.3 is 6.03 Å². The van der Waals surface area contributed by atoms with Crippen LogP contribution in [0.2, 0.25) is 0 Å². The monoisotopic (exact) mass is 288 g/mol. The lowest BCUT2D eigenvalue weighted by atomic mass is 10.1. The molecule has 0 spiro atoms. The van der Waals surface area contributed by atoms with Crippen molar-refractivity contribution in [3.63, 3.8) is 0 Å². The van der Waals surface area contributed by atoms with E-state index in [2.05, 4.69) is 34.0 Å². The fourth-order valence-corrected chi connectivity index (χ4v) is 2.45. The lowest BCUT2D eigenvalue weighted by Crippen LogP contribution is -2.43. The van der Waals surface area contributed by atoms with Gasteiger partial charge in [-0.1, -0.05) is 0 Å². The number of amides is 2. The van der Waals surface area contributed by atoms with E-state index in [9.17, 15) is 4.79 Å². The second-order valence-electron chi connectivity index (χ2n) is 6.66. The summed E-state index contributed by atoms with van der Waals surface area (Å²) in [6.07, 6.45) is 0. The topological polar surface area (TPSA) is 59.0 Å². The molecule has 1 aromatic heterocycles. The molecule has 2 rings (SSSR count). The first kappa shape index (κ1) is 15.4. The van der Waals surface area contributed by atoms with Gasteiger partial charge < -0.3 is 15.2 Å². The Balaban J connectivity index is 2.26. The molecular formula is C16H24N4O. The van der Waals surface area contributed by atoms with Gasteiger partial charge in [0.05, 0.1) is 11.0 Å². The van der Waals surface area contributed by atoms with Gasteiger partial charge in [0.2, 0.25) is 0 Å². The molecule has 2 N–H and O–H groups in total. The molecule has 0 aliphatic heterocycles. The second kappa shape index (κ2) is 5.39. The predicted molar refractivity (Wildman–Crippen MR) is 86.8 cm³/mol. The van der Waals surface area contributed by atoms with Gasteiger partial charge in [0.15, 0.2) is 0 Å². The van der Waals surface area contributed by atoms with Gasteiger partial charge in [-0.15, -0.1) is 0 Å². The van der Waals surface area contributed by atoms with Crippen LogP contribution in [-0.4, -0.2) is 21.1 Å². The second-order valence-corrected chi connectivity index (χ2v) is 6.66. The van der Waals surface area contributed by atoms with Gasteiger partial charge in [0.25, 0.3) is 0 Å². The molecule has 0 aliphatic rings. The van der Waals surface area contributed by atoms with E-state index < -0.39 is 0 Å². The number of fused-ring (bicyclic) bond motifs is 1. The van der Waals surface area contributed by atoms with E-state index in [4.69, 9.17) is 0 Å². The summed E-state index contributed by atoms with van der Waals surface area (Å²) in [5.74, 6) is 0.983. The number of urea groups is 1. The molecule has 0 fully saturated rings. The molecule has 1 aromatic carbocycles. The molecule has 2 aromatic rings. The Morgan fingerprint density at radius 2 is 1.95 bits per heavy atom. The van der Waals surface area contributed by atoms with Crippen LogP contribution in [0.15, 0.2) is 18.2 Å². The fraction of sp³-hybridized carbons (Fsp3) is 0.500. The molecule has 0 radical (unpaired) electrons. The molecule has 0 aliphatic carbocycles. The number of anilines is 1. The third-order valence-corrected chi connectivity index (χ3v) is 3.13. The Kier molecular flexibility index (Phi) is 3.94. The number of aromatic nitrogens is 2. The number of imidazole rings is 1. The van der Waals surface area contributed by atoms with E-state index in [1.165, 1.54) is 0 Å². The Hall–Kier alpha value is -2.04. The van der Waals surface area contributed by atoms with Crippen molar-refractivity contribution in [3.05, 3.63) is 24.0 Å². The standard InChI is InChI=1S/C16H24N4O/c1-10(2)20-11(3)17-13-9-12(7-8-14(13)20)18-15(21)19-16(4,5)6/h7-10H,1-6H3,(H2,18,19,21). The highest BCUT2D eigenvalue weighted by Gasteiger charge is 2.15. The number of benzene rings is 1. The molecule has 0 unspecified atom stereocenters. The van der Waals surface area contributed by atoms with Crippen LogP contribution in [0.5, 0.6) is 0 Å². The molecule has 0 bridgehead atoms. The van der Waals surface area contributed by atoms with Gasteiger partial charge in [-0.25, -0.2) is 9.78 Å². The van der Waals surface area contributed by atoms with Crippen LogP contribution in [0.1, 0.15) is 46.5 Å². The van der Waals surface area contributed by atoms with Crippen molar-refractivity contribution < 1.29 is 4.79 Å². The molecule has 5 heteroatoms. The highest BCUT2D eigenvalue weighted by Crippen LogP contribution is 2.23. The van der Waals surface area contributed by atoms with Crippen molar-refractivity contribution in [2.45, 2.75) is 53.1 Å². The minimum atomic E-state index is -0.260. The van der Waals surface area contributed by atoms with Crippen molar-refractivity contribution in [2.75, 3.05) is 5.32 Å². The summed E-state index contributed by atoms with van der Waals surface area (Å²) in [7, 11) is 0. The molecule has 21 heavy (non-hydrogen) atoms. The Bertz CT molecular complexity index is 665. The molecule has 0 saturated carbocycles. The van der Waals surface area contributed by atoms with Crippen LogP contribution in [0.4, 0.5) is 10.5 Å². The van der Waals surface area contributed by atoms with E-state index in [-0.39, 0.29) is 11.6 Å². The number of aryl methyl sites for hydroxylation is 1. The summed E-state index contributed by atoms with van der Waals surface area (Å²) in [5.41, 5.74) is 2.47. The van der Waals surface area contributed by atoms with Crippen LogP contribution >= 0.6 is 0 Å². The number of rotatable bonds is 2. The van der Waals surface area contributed by atoms with E-state index >= 15 is 0 Å². The third-order valence-electron chi connectivity index (χ3n) is 3.13. The van der Waals surface area contributed by atoms with Crippen molar-refractivity contribution in [2.24, 2.45) is 0 Å². The average molecular weight is 288 g/mol. The summed E-state index contributed by atoms with van der Waals surface area (Å²) >= 11 is 0. The molecule has 0 saturated heterocycles. The number of nitrogens with one attached hydrogen (secondary N) is 2. The number of hydrogen-bond acceptors (Lipinski definition) is 2. The van der Waals surface area contributed by atoms with Gasteiger partial charge in [-0.2, -0.15) is 0 Å². The van der Waals surface area contributed by atoms with Gasteiger partial charge in [0, 0.05) is 17.3 Å². The van der Waals surface area contributed by atoms with Crippen LogP contribution in [0.3, 0.4) is 0 Å². The van der Waals surface area contributed by atoms with Crippen LogP contribution < -0.4 is 10.6 Å². The molecule has 1 heterocycles. The molecule has 2 amide bonds. The SMILES string of the molecule is Cc1nc2cc(NC(=O)NC(C)(C)C)ccc2n1C(C)C. The Morgan fingerprint density at radius 1 is 1.29 bits per heavy atom. The molecular weight excluding hydrogens is 264 g/mol. The molecule has 0 atom stereocenters. The van der Waals surface area contributed by atoms with E-state index in [1.807, 2.05) is 45.9 Å². The molecule has 114 valence electrons. The lowest BCUT2D eigenvalue weighted by Gasteiger charge is -2.20. The van der Waals surface area contributed by atoms with E-state index in [0.717, 1.165) is 22.5 Å². The maximum Gasteiger partial charge on any atom is 0.319 e. The molecule has 5 nitrogen and oxygen atoms in total. The number of carbonyl (C=O) groups is 1. The maximum absolute atomic E-state index is 11.9. The normalized spacial score (nSPS) is 12.0. The summed E-state index contributed by atoms with van der Waals surface area (Å²) in [5, 5.41) is 5.72. The van der Waals surface area contributed by atoms with E-state index in [0.29, 0.717) is 6.04 Å². The van der Waals surface area contributed by atoms with Gasteiger partial charge in [-0.3, -0.25) is 0 Å². The number of hydrogen-bond donors (Lipinski definition) is 2. The highest BCUT2D eigenvalue weighted by molar-refractivity contribution is 5.92. The van der Waals surface area contributed by atoms with E-state index in [1.54, 1.807) is 0 Å². The Labute approximate surface area is 125 Å². The van der Waals surface area contributed by atoms with Gasteiger partial charge in [-0.05, 0) is 59.7 Å². The van der Waals surface area contributed by atoms with Crippen molar-refractivity contribution in [1.29, 1.82) is 0 Å². The summed E-state index contributed by atoms with van der Waals surface area (Å²) < 4.78 is 2.19. The summed E-state index contributed by atoms with van der Waals surface area (Å²) in [4.78, 5) is 16.5. The maximum atomic E-state index is 11.9. The average Bonchev–Trinajstić information content (AvgIpc) is 2.61. The quantitative estimate of drug-likeness (QED) is 0.882. The Morgan fingerprint density at radius 3 is 2.52 bits per heavy atom. The first-order valence-corrected chi connectivity index (χ1v) is 7.25. The highest BCUT2D eigenvalue weighted by atomic mass is 16.2. The lowest BCUT2D eigenvalue weighted by molar-refractivity contribution is 0.244. The predicted octanol–water partition coefficient (Wildman–Crippen LogP) is 3.85. The summed E-state index contributed by atoms with van der Waals surface area (Å²) in [6, 6.07) is 5.97. The zero-order valence-electron chi connectivity index (χ0n) is 13.6. The van der Waals surface area contributed by atoms with Crippen molar-refractivity contribution in [1.82, 2.24) is 14.9 Å². The van der Waals surface area contributed by atoms with Gasteiger partial charge in [0.1, 0.15) is 5.82 Å². The first-order chi connectivity index (χ1) is 9.67. The third kappa shape index (κ3) is 3.54. The minimum absolute atomic E-state index is 0.207. The number of nitrogens with zero attached hydrogens (tertiary/aromatic N) is 2. The smallest absolute Gasteiger partial charge is 0.319 e. The van der Waals surface area contributed by atoms with Crippen molar-refractivity contribution in [3.8, 4) is 0 Å². The van der Waals surface area contributed by atoms with Crippen LogP contribution in [-0.2, 0) is 0 Å². The van der Waals surface area contributed by atoms with Crippen LogP contribution in [0, 0.1) is 6.92 Å². The number of carbonyl (C=O) groups excluding carboxylic acids is 1. The zero-order chi connectivity index (χ0) is 15.8. The zero-order valence-corrected chi connectivity index (χ0v) is 13.6. The summed E-state index contributed by atoms with van der Waals surface area (Å²) in [6.45, 7) is 12.1. The minimum Gasteiger partial charge on any atom is -0.333 e.